The molecule has 0 atom stereocenters. The minimum atomic E-state index is -3.30. The van der Waals surface area contributed by atoms with Crippen LogP contribution in [0.5, 0.6) is 0 Å². The van der Waals surface area contributed by atoms with Gasteiger partial charge in [0.2, 0.25) is 0 Å². The second-order valence-electron chi connectivity index (χ2n) is 3.32. The summed E-state index contributed by atoms with van der Waals surface area (Å²) in [4.78, 5) is 0.158. The molecule has 1 aromatic carbocycles. The first-order valence-corrected chi connectivity index (χ1v) is 6.77. The molecule has 3 nitrogen and oxygen atoms in total. The Morgan fingerprint density at radius 2 is 1.88 bits per heavy atom. The summed E-state index contributed by atoms with van der Waals surface area (Å²) < 4.78 is 41.1. The Morgan fingerprint density at radius 1 is 1.25 bits per heavy atom. The van der Waals surface area contributed by atoms with Gasteiger partial charge in [0.15, 0.2) is 9.84 Å². The van der Waals surface area contributed by atoms with Crippen LogP contribution >= 0.6 is 0 Å². The topological polar surface area (TPSA) is 43.4 Å². The fourth-order valence-corrected chi connectivity index (χ4v) is 2.54. The molecule has 90 valence electrons. The highest BCUT2D eigenvalue weighted by molar-refractivity contribution is 7.91. The lowest BCUT2D eigenvalue weighted by Gasteiger charge is -2.04. The molecule has 0 heterocycles. The summed E-state index contributed by atoms with van der Waals surface area (Å²) in [6, 6.07) is 4.86. The van der Waals surface area contributed by atoms with E-state index in [4.69, 9.17) is 4.74 Å². The number of hydrogen-bond acceptors (Lipinski definition) is 3. The van der Waals surface area contributed by atoms with E-state index in [-0.39, 0.29) is 10.6 Å². The second kappa shape index (κ2) is 5.96. The number of sulfone groups is 1. The number of rotatable bonds is 6. The molecule has 1 rings (SSSR count). The molecular weight excluding hydrogens is 231 g/mol. The molecule has 0 N–H and O–H groups in total. The van der Waals surface area contributed by atoms with Crippen molar-refractivity contribution in [2.24, 2.45) is 0 Å². The summed E-state index contributed by atoms with van der Waals surface area (Å²) in [6.07, 6.45) is 0.452. The molecule has 0 amide bonds. The molecule has 0 saturated heterocycles. The molecule has 0 aromatic heterocycles. The van der Waals surface area contributed by atoms with Crippen LogP contribution in [0.15, 0.2) is 29.2 Å². The van der Waals surface area contributed by atoms with Crippen LogP contribution in [0.4, 0.5) is 4.39 Å². The smallest absolute Gasteiger partial charge is 0.178 e. The molecule has 0 bridgehead atoms. The normalized spacial score (nSPS) is 11.6. The van der Waals surface area contributed by atoms with Crippen molar-refractivity contribution in [1.29, 1.82) is 0 Å². The molecule has 5 heteroatoms. The average Bonchev–Trinajstić information content (AvgIpc) is 2.25. The van der Waals surface area contributed by atoms with Crippen molar-refractivity contribution in [1.82, 2.24) is 0 Å². The number of halogens is 1. The van der Waals surface area contributed by atoms with Gasteiger partial charge in [0.1, 0.15) is 5.82 Å². The van der Waals surface area contributed by atoms with Crippen molar-refractivity contribution < 1.29 is 17.5 Å². The van der Waals surface area contributed by atoms with Crippen LogP contribution in [-0.4, -0.2) is 27.4 Å². The Hall–Kier alpha value is -0.940. The average molecular weight is 246 g/mol. The molecule has 0 radical (unpaired) electrons. The van der Waals surface area contributed by atoms with Gasteiger partial charge in [-0.15, -0.1) is 0 Å². The zero-order valence-electron chi connectivity index (χ0n) is 9.15. The molecule has 16 heavy (non-hydrogen) atoms. The fourth-order valence-electron chi connectivity index (χ4n) is 1.26. The fraction of sp³-hybridized carbons (Fsp3) is 0.455. The lowest BCUT2D eigenvalue weighted by molar-refractivity contribution is 0.148. The monoisotopic (exact) mass is 246 g/mol. The molecule has 0 aliphatic carbocycles. The number of hydrogen-bond donors (Lipinski definition) is 0. The van der Waals surface area contributed by atoms with Crippen LogP contribution < -0.4 is 0 Å². The largest absolute Gasteiger partial charge is 0.382 e. The van der Waals surface area contributed by atoms with E-state index in [1.54, 1.807) is 0 Å². The van der Waals surface area contributed by atoms with Crippen LogP contribution in [0.3, 0.4) is 0 Å². The highest BCUT2D eigenvalue weighted by atomic mass is 32.2. The van der Waals surface area contributed by atoms with E-state index in [0.717, 1.165) is 12.1 Å². The first-order valence-electron chi connectivity index (χ1n) is 5.12. The Bertz CT molecular complexity index is 411. The summed E-state index contributed by atoms with van der Waals surface area (Å²) in [5.41, 5.74) is 0. The van der Waals surface area contributed by atoms with Crippen molar-refractivity contribution in [3.63, 3.8) is 0 Å². The van der Waals surface area contributed by atoms with Crippen molar-refractivity contribution in [2.45, 2.75) is 18.2 Å². The first-order chi connectivity index (χ1) is 7.56. The summed E-state index contributed by atoms with van der Waals surface area (Å²) in [6.45, 7) is 2.86. The van der Waals surface area contributed by atoms with E-state index in [2.05, 4.69) is 0 Å². The maximum atomic E-state index is 12.6. The van der Waals surface area contributed by atoms with E-state index in [0.29, 0.717) is 19.6 Å². The summed E-state index contributed by atoms with van der Waals surface area (Å²) in [7, 11) is -3.30. The van der Waals surface area contributed by atoms with E-state index < -0.39 is 15.7 Å². The third-order valence-electron chi connectivity index (χ3n) is 2.08. The lowest BCUT2D eigenvalue weighted by Crippen LogP contribution is -2.09. The van der Waals surface area contributed by atoms with Crippen molar-refractivity contribution in [2.75, 3.05) is 19.0 Å². The molecule has 0 spiro atoms. The van der Waals surface area contributed by atoms with Crippen molar-refractivity contribution >= 4 is 9.84 Å². The van der Waals surface area contributed by atoms with E-state index in [1.165, 1.54) is 12.1 Å². The van der Waals surface area contributed by atoms with Crippen LogP contribution in [0.25, 0.3) is 0 Å². The van der Waals surface area contributed by atoms with Gasteiger partial charge in [0.25, 0.3) is 0 Å². The van der Waals surface area contributed by atoms with Crippen molar-refractivity contribution in [3.05, 3.63) is 30.1 Å². The summed E-state index contributed by atoms with van der Waals surface area (Å²) >= 11 is 0. The Morgan fingerprint density at radius 3 is 2.44 bits per heavy atom. The molecule has 1 aromatic rings. The molecule has 0 fully saturated rings. The van der Waals surface area contributed by atoms with Gasteiger partial charge < -0.3 is 4.74 Å². The first kappa shape index (κ1) is 13.1. The molecule has 0 unspecified atom stereocenters. The van der Waals surface area contributed by atoms with Crippen LogP contribution in [-0.2, 0) is 14.6 Å². The van der Waals surface area contributed by atoms with Gasteiger partial charge >= 0.3 is 0 Å². The maximum Gasteiger partial charge on any atom is 0.178 e. The third kappa shape index (κ3) is 3.90. The van der Waals surface area contributed by atoms with Crippen LogP contribution in [0, 0.1) is 5.82 Å². The van der Waals surface area contributed by atoms with E-state index in [1.807, 2.05) is 6.92 Å². The second-order valence-corrected chi connectivity index (χ2v) is 5.43. The van der Waals surface area contributed by atoms with Gasteiger partial charge in [-0.3, -0.25) is 0 Å². The van der Waals surface area contributed by atoms with Gasteiger partial charge in [-0.1, -0.05) is 0 Å². The van der Waals surface area contributed by atoms with Crippen LogP contribution in [0.1, 0.15) is 13.3 Å². The third-order valence-corrected chi connectivity index (χ3v) is 3.90. The number of benzene rings is 1. The zero-order valence-corrected chi connectivity index (χ0v) is 9.97. The highest BCUT2D eigenvalue weighted by Gasteiger charge is 2.13. The number of ether oxygens (including phenoxy) is 1. The minimum Gasteiger partial charge on any atom is -0.382 e. The SMILES string of the molecule is CCOCCCS(=O)(=O)c1ccc(F)cc1. The lowest BCUT2D eigenvalue weighted by atomic mass is 10.4. The van der Waals surface area contributed by atoms with Gasteiger partial charge in [-0.2, -0.15) is 0 Å². The Balaban J connectivity index is 2.60. The predicted molar refractivity (Wildman–Crippen MR) is 59.6 cm³/mol. The molecule has 0 saturated carbocycles. The Labute approximate surface area is 95.2 Å². The van der Waals surface area contributed by atoms with Gasteiger partial charge in [0.05, 0.1) is 10.6 Å². The molecular formula is C11H15FO3S. The standard InChI is InChI=1S/C11H15FO3S/c1-2-15-8-3-9-16(13,14)11-6-4-10(12)5-7-11/h4-7H,2-3,8-9H2,1H3. The van der Waals surface area contributed by atoms with E-state index >= 15 is 0 Å². The molecule has 0 aliphatic heterocycles. The van der Waals surface area contributed by atoms with Crippen LogP contribution in [0.2, 0.25) is 0 Å². The highest BCUT2D eigenvalue weighted by Crippen LogP contribution is 2.12. The zero-order chi connectivity index (χ0) is 12.0. The summed E-state index contributed by atoms with van der Waals surface area (Å²) in [5, 5.41) is 0. The quantitative estimate of drug-likeness (QED) is 0.570. The van der Waals surface area contributed by atoms with E-state index in [9.17, 15) is 12.8 Å². The van der Waals surface area contributed by atoms with Gasteiger partial charge in [0, 0.05) is 13.2 Å². The minimum absolute atomic E-state index is 0.0264. The predicted octanol–water partition coefficient (Wildman–Crippen LogP) is 2.03. The van der Waals surface area contributed by atoms with Gasteiger partial charge in [-0.25, -0.2) is 12.8 Å². The van der Waals surface area contributed by atoms with Crippen molar-refractivity contribution in [3.8, 4) is 0 Å². The van der Waals surface area contributed by atoms with Gasteiger partial charge in [-0.05, 0) is 37.6 Å². The molecule has 0 aliphatic rings. The summed E-state index contributed by atoms with van der Waals surface area (Å²) in [5.74, 6) is -0.410. The maximum absolute atomic E-state index is 12.6. The Kier molecular flexibility index (Phi) is 4.89.